The number of hydrogen-bond donors (Lipinski definition) is 0. The highest BCUT2D eigenvalue weighted by Crippen LogP contribution is 2.49. The van der Waals surface area contributed by atoms with Crippen LogP contribution in [0.25, 0.3) is 26.9 Å². The summed E-state index contributed by atoms with van der Waals surface area (Å²) in [6.45, 7) is 0.520. The molecule has 0 saturated heterocycles. The van der Waals surface area contributed by atoms with Crippen LogP contribution < -0.4 is 9.47 Å². The van der Waals surface area contributed by atoms with Crippen LogP contribution in [-0.4, -0.2) is 24.8 Å². The maximum absolute atomic E-state index is 6.23. The molecule has 2 aliphatic carbocycles. The SMILES string of the molecule is COc1cc(C=C2CCC3CCCC2(OC)C3)cc2sc(-c3ccccc3OCc3ccccc3)nc12. The Morgan fingerprint density at radius 2 is 1.84 bits per heavy atom. The first kappa shape index (κ1) is 24.2. The summed E-state index contributed by atoms with van der Waals surface area (Å²) in [7, 11) is 3.61. The third kappa shape index (κ3) is 4.78. The molecule has 0 radical (unpaired) electrons. The minimum atomic E-state index is -0.0999. The van der Waals surface area contributed by atoms with Gasteiger partial charge in [0, 0.05) is 7.11 Å². The molecule has 5 heteroatoms. The molecular weight excluding hydrogens is 478 g/mol. The smallest absolute Gasteiger partial charge is 0.146 e. The molecule has 2 bridgehead atoms. The fourth-order valence-electron chi connectivity index (χ4n) is 6.07. The quantitative estimate of drug-likeness (QED) is 0.250. The zero-order valence-electron chi connectivity index (χ0n) is 21.5. The molecule has 4 aromatic rings. The van der Waals surface area contributed by atoms with Crippen molar-refractivity contribution >= 4 is 27.6 Å². The third-order valence-corrected chi connectivity index (χ3v) is 9.04. The highest BCUT2D eigenvalue weighted by molar-refractivity contribution is 7.21. The average Bonchev–Trinajstić information content (AvgIpc) is 3.38. The summed E-state index contributed by atoms with van der Waals surface area (Å²) < 4.78 is 19.4. The van der Waals surface area contributed by atoms with Crippen LogP contribution in [0, 0.1) is 5.92 Å². The lowest BCUT2D eigenvalue weighted by molar-refractivity contribution is -0.0405. The number of rotatable bonds is 7. The number of aromatic nitrogens is 1. The van der Waals surface area contributed by atoms with Crippen LogP contribution in [0.15, 0.2) is 72.3 Å². The molecule has 2 aliphatic rings. The normalized spacial score (nSPS) is 22.3. The van der Waals surface area contributed by atoms with E-state index < -0.39 is 0 Å². The number of nitrogens with zero attached hydrogens (tertiary/aromatic N) is 1. The fourth-order valence-corrected chi connectivity index (χ4v) is 7.13. The van der Waals surface area contributed by atoms with E-state index in [-0.39, 0.29) is 5.60 Å². The van der Waals surface area contributed by atoms with Gasteiger partial charge in [0.25, 0.3) is 0 Å². The molecule has 4 nitrogen and oxygen atoms in total. The maximum atomic E-state index is 6.23. The number of methoxy groups -OCH3 is 2. The lowest BCUT2D eigenvalue weighted by Crippen LogP contribution is -2.42. The first-order valence-electron chi connectivity index (χ1n) is 13.2. The van der Waals surface area contributed by atoms with Gasteiger partial charge < -0.3 is 14.2 Å². The van der Waals surface area contributed by atoms with Gasteiger partial charge in [0.15, 0.2) is 0 Å². The first-order valence-corrected chi connectivity index (χ1v) is 14.0. The predicted molar refractivity (Wildman–Crippen MR) is 151 cm³/mol. The Bertz CT molecular complexity index is 1430. The van der Waals surface area contributed by atoms with Crippen molar-refractivity contribution in [3.05, 3.63) is 83.4 Å². The molecule has 6 rings (SSSR count). The summed E-state index contributed by atoms with van der Waals surface area (Å²) in [6.07, 6.45) is 9.60. The Morgan fingerprint density at radius 1 is 1.00 bits per heavy atom. The maximum Gasteiger partial charge on any atom is 0.146 e. The molecular formula is C32H33NO3S. The van der Waals surface area contributed by atoms with Gasteiger partial charge in [-0.2, -0.15) is 0 Å². The Hall–Kier alpha value is -3.15. The molecule has 2 atom stereocenters. The largest absolute Gasteiger partial charge is 0.494 e. The van der Waals surface area contributed by atoms with E-state index in [1.165, 1.54) is 24.8 Å². The van der Waals surface area contributed by atoms with Crippen LogP contribution in [0.1, 0.15) is 49.7 Å². The van der Waals surface area contributed by atoms with Gasteiger partial charge in [0.05, 0.1) is 23.0 Å². The van der Waals surface area contributed by atoms with E-state index in [0.29, 0.717) is 6.61 Å². The van der Waals surface area contributed by atoms with Crippen LogP contribution in [0.2, 0.25) is 0 Å². The minimum absolute atomic E-state index is 0.0999. The second-order valence-corrected chi connectivity index (χ2v) is 11.3. The number of para-hydroxylation sites is 1. The summed E-state index contributed by atoms with van der Waals surface area (Å²) in [5.74, 6) is 2.44. The van der Waals surface area contributed by atoms with Crippen molar-refractivity contribution < 1.29 is 14.2 Å². The van der Waals surface area contributed by atoms with Crippen LogP contribution in [0.3, 0.4) is 0 Å². The van der Waals surface area contributed by atoms with Crippen LogP contribution in [-0.2, 0) is 11.3 Å². The fraction of sp³-hybridized carbons (Fsp3) is 0.344. The van der Waals surface area contributed by atoms with Crippen LogP contribution >= 0.6 is 11.3 Å². The van der Waals surface area contributed by atoms with Crippen molar-refractivity contribution in [1.29, 1.82) is 0 Å². The second-order valence-electron chi connectivity index (χ2n) is 10.2. The summed E-state index contributed by atoms with van der Waals surface area (Å²) >= 11 is 1.68. The van der Waals surface area contributed by atoms with E-state index in [9.17, 15) is 0 Å². The van der Waals surface area contributed by atoms with Gasteiger partial charge in [-0.05, 0) is 79.0 Å². The highest BCUT2D eigenvalue weighted by atomic mass is 32.1. The Labute approximate surface area is 222 Å². The summed E-state index contributed by atoms with van der Waals surface area (Å²) in [6, 6.07) is 22.8. The molecule has 2 fully saturated rings. The molecule has 0 amide bonds. The van der Waals surface area contributed by atoms with E-state index in [2.05, 4.69) is 36.4 Å². The number of hydrogen-bond acceptors (Lipinski definition) is 5. The van der Waals surface area contributed by atoms with E-state index in [1.54, 1.807) is 18.4 Å². The van der Waals surface area contributed by atoms with Crippen molar-refractivity contribution in [3.63, 3.8) is 0 Å². The lowest BCUT2D eigenvalue weighted by atomic mass is 9.66. The monoisotopic (exact) mass is 511 g/mol. The summed E-state index contributed by atoms with van der Waals surface area (Å²) in [5, 5.41) is 0.933. The standard InChI is InChI=1S/C32H33NO3S/c1-34-28-18-24(17-25-15-14-22-11-8-16-32(25,20-22)35-2)19-29-30(28)33-31(37-29)26-12-6-7-13-27(26)36-21-23-9-4-3-5-10-23/h3-7,9-10,12-13,17-19,22H,8,11,14-16,20-21H2,1-2H3. The summed E-state index contributed by atoms with van der Waals surface area (Å²) in [5.41, 5.74) is 5.52. The first-order chi connectivity index (χ1) is 18.2. The van der Waals surface area contributed by atoms with Gasteiger partial charge in [-0.3, -0.25) is 0 Å². The highest BCUT2D eigenvalue weighted by Gasteiger charge is 2.42. The van der Waals surface area contributed by atoms with Gasteiger partial charge in [0.2, 0.25) is 0 Å². The zero-order chi connectivity index (χ0) is 25.2. The zero-order valence-corrected chi connectivity index (χ0v) is 22.4. The van der Waals surface area contributed by atoms with Crippen molar-refractivity contribution in [2.24, 2.45) is 5.92 Å². The second kappa shape index (κ2) is 10.3. The van der Waals surface area contributed by atoms with Crippen LogP contribution in [0.4, 0.5) is 0 Å². The number of ether oxygens (including phenoxy) is 3. The number of benzene rings is 3. The summed E-state index contributed by atoms with van der Waals surface area (Å²) in [4.78, 5) is 5.01. The van der Waals surface area contributed by atoms with Crippen molar-refractivity contribution in [2.45, 2.75) is 50.7 Å². The van der Waals surface area contributed by atoms with Gasteiger partial charge in [-0.1, -0.05) is 55.0 Å². The lowest BCUT2D eigenvalue weighted by Gasteiger charge is -2.46. The van der Waals surface area contributed by atoms with E-state index in [1.807, 2.05) is 43.5 Å². The number of thiazole rings is 1. The molecule has 2 saturated carbocycles. The topological polar surface area (TPSA) is 40.6 Å². The van der Waals surface area contributed by atoms with Crippen LogP contribution in [0.5, 0.6) is 11.5 Å². The Balaban J connectivity index is 1.35. The number of fused-ring (bicyclic) bond motifs is 3. The predicted octanol–water partition coefficient (Wildman–Crippen LogP) is 8.30. The third-order valence-electron chi connectivity index (χ3n) is 8.01. The molecule has 190 valence electrons. The molecule has 3 aromatic carbocycles. The van der Waals surface area contributed by atoms with Crippen molar-refractivity contribution in [1.82, 2.24) is 4.98 Å². The average molecular weight is 512 g/mol. The van der Waals surface area contributed by atoms with E-state index >= 15 is 0 Å². The molecule has 0 spiro atoms. The molecule has 2 unspecified atom stereocenters. The molecule has 0 N–H and O–H groups in total. The molecule has 0 aliphatic heterocycles. The molecule has 37 heavy (non-hydrogen) atoms. The van der Waals surface area contributed by atoms with E-state index in [0.717, 1.165) is 68.6 Å². The van der Waals surface area contributed by atoms with Gasteiger partial charge in [0.1, 0.15) is 28.6 Å². The van der Waals surface area contributed by atoms with E-state index in [4.69, 9.17) is 19.2 Å². The van der Waals surface area contributed by atoms with Gasteiger partial charge >= 0.3 is 0 Å². The molecule has 1 aromatic heterocycles. The Kier molecular flexibility index (Phi) is 6.74. The Morgan fingerprint density at radius 3 is 2.68 bits per heavy atom. The molecule has 1 heterocycles. The van der Waals surface area contributed by atoms with Gasteiger partial charge in [-0.15, -0.1) is 11.3 Å². The van der Waals surface area contributed by atoms with Gasteiger partial charge in [-0.25, -0.2) is 4.98 Å². The van der Waals surface area contributed by atoms with Crippen molar-refractivity contribution in [2.75, 3.05) is 14.2 Å². The minimum Gasteiger partial charge on any atom is -0.494 e. The van der Waals surface area contributed by atoms with Crippen molar-refractivity contribution in [3.8, 4) is 22.1 Å².